The minimum atomic E-state index is -0.146. The maximum atomic E-state index is 12.0. The van der Waals surface area contributed by atoms with Gasteiger partial charge in [0.25, 0.3) is 0 Å². The highest BCUT2D eigenvalue weighted by Gasteiger charge is 2.31. The van der Waals surface area contributed by atoms with Gasteiger partial charge in [-0.1, -0.05) is 17.3 Å². The Balaban J connectivity index is 1.58. The Hall–Kier alpha value is -2.57. The van der Waals surface area contributed by atoms with Gasteiger partial charge in [0.2, 0.25) is 5.89 Å². The molecule has 2 aromatic rings. The van der Waals surface area contributed by atoms with Gasteiger partial charge in [-0.15, -0.1) is 0 Å². The first-order valence-corrected chi connectivity index (χ1v) is 8.67. The first-order chi connectivity index (χ1) is 12.2. The molecule has 25 heavy (non-hydrogen) atoms. The van der Waals surface area contributed by atoms with Crippen molar-refractivity contribution in [1.82, 2.24) is 20.4 Å². The van der Waals surface area contributed by atoms with E-state index in [-0.39, 0.29) is 12.1 Å². The Kier molecular flexibility index (Phi) is 5.53. The van der Waals surface area contributed by atoms with Crippen LogP contribution >= 0.6 is 0 Å². The summed E-state index contributed by atoms with van der Waals surface area (Å²) < 4.78 is 11.1. The largest absolute Gasteiger partial charge is 0.493 e. The third-order valence-corrected chi connectivity index (χ3v) is 4.33. The van der Waals surface area contributed by atoms with E-state index in [4.69, 9.17) is 9.26 Å². The van der Waals surface area contributed by atoms with Gasteiger partial charge in [0.15, 0.2) is 5.82 Å². The Morgan fingerprint density at radius 3 is 3.12 bits per heavy atom. The molecule has 1 aliphatic rings. The molecule has 2 heterocycles. The van der Waals surface area contributed by atoms with Gasteiger partial charge < -0.3 is 19.5 Å². The quantitative estimate of drug-likeness (QED) is 0.902. The number of urea groups is 1. The molecule has 0 radical (unpaired) electrons. The predicted octanol–water partition coefficient (Wildman–Crippen LogP) is 2.87. The zero-order valence-electron chi connectivity index (χ0n) is 14.7. The fourth-order valence-corrected chi connectivity index (χ4v) is 3.04. The van der Waals surface area contributed by atoms with Gasteiger partial charge >= 0.3 is 6.03 Å². The van der Waals surface area contributed by atoms with Crippen molar-refractivity contribution in [3.63, 3.8) is 0 Å². The molecule has 7 heteroatoms. The van der Waals surface area contributed by atoms with E-state index < -0.39 is 0 Å². The van der Waals surface area contributed by atoms with Gasteiger partial charge in [-0.05, 0) is 43.9 Å². The molecule has 1 unspecified atom stereocenters. The van der Waals surface area contributed by atoms with Crippen LogP contribution in [0.4, 0.5) is 4.79 Å². The Morgan fingerprint density at radius 2 is 2.32 bits per heavy atom. The van der Waals surface area contributed by atoms with Crippen LogP contribution in [0.15, 0.2) is 28.8 Å². The Labute approximate surface area is 147 Å². The number of rotatable bonds is 5. The maximum Gasteiger partial charge on any atom is 0.317 e. The Morgan fingerprint density at radius 1 is 1.44 bits per heavy atom. The molecule has 0 saturated carbocycles. The smallest absolute Gasteiger partial charge is 0.317 e. The maximum absolute atomic E-state index is 12.0. The monoisotopic (exact) mass is 344 g/mol. The molecule has 3 rings (SSSR count). The molecule has 1 aromatic heterocycles. The fourth-order valence-electron chi connectivity index (χ4n) is 3.04. The molecule has 1 N–H and O–H groups in total. The summed E-state index contributed by atoms with van der Waals surface area (Å²) in [5.41, 5.74) is 1.16. The van der Waals surface area contributed by atoms with Crippen molar-refractivity contribution >= 4 is 6.03 Å². The number of hydrogen-bond donors (Lipinski definition) is 1. The molecular weight excluding hydrogens is 320 g/mol. The number of likely N-dealkylation sites (tertiary alicyclic amines) is 1. The van der Waals surface area contributed by atoms with Crippen LogP contribution in [0.3, 0.4) is 0 Å². The number of nitrogens with one attached hydrogen (secondary N) is 1. The van der Waals surface area contributed by atoms with Gasteiger partial charge in [0, 0.05) is 20.0 Å². The third kappa shape index (κ3) is 4.29. The fraction of sp³-hybridized carbons (Fsp3) is 0.500. The number of carbonyl (C=O) groups excluding carboxylic acids is 1. The number of aryl methyl sites for hydroxylation is 1. The van der Waals surface area contributed by atoms with Gasteiger partial charge in [0.05, 0.1) is 6.61 Å². The molecule has 0 bridgehead atoms. The van der Waals surface area contributed by atoms with E-state index >= 15 is 0 Å². The van der Waals surface area contributed by atoms with E-state index in [1.54, 1.807) is 11.9 Å². The van der Waals surface area contributed by atoms with Crippen molar-refractivity contribution in [2.45, 2.75) is 38.6 Å². The number of ether oxygens (including phenoxy) is 1. The first-order valence-electron chi connectivity index (χ1n) is 8.67. The number of nitrogens with zero attached hydrogens (tertiary/aromatic N) is 3. The van der Waals surface area contributed by atoms with Crippen LogP contribution < -0.4 is 10.1 Å². The summed E-state index contributed by atoms with van der Waals surface area (Å²) in [7, 11) is 1.63. The van der Waals surface area contributed by atoms with Crippen molar-refractivity contribution < 1.29 is 14.1 Å². The van der Waals surface area contributed by atoms with Crippen molar-refractivity contribution in [3.05, 3.63) is 41.5 Å². The van der Waals surface area contributed by atoms with E-state index in [0.29, 0.717) is 31.3 Å². The van der Waals surface area contributed by atoms with Gasteiger partial charge in [-0.25, -0.2) is 4.79 Å². The zero-order valence-corrected chi connectivity index (χ0v) is 14.7. The summed E-state index contributed by atoms with van der Waals surface area (Å²) in [5.74, 6) is 1.95. The summed E-state index contributed by atoms with van der Waals surface area (Å²) >= 11 is 0. The lowest BCUT2D eigenvalue weighted by Crippen LogP contribution is -2.43. The molecule has 0 spiro atoms. The van der Waals surface area contributed by atoms with Crippen molar-refractivity contribution in [3.8, 4) is 5.75 Å². The SMILES string of the molecule is CNC(=O)N1CCCCC1c1nc(CCOc2cccc(C)c2)no1. The summed E-state index contributed by atoms with van der Waals surface area (Å²) in [4.78, 5) is 18.3. The van der Waals surface area contributed by atoms with Crippen LogP contribution in [0.1, 0.15) is 42.6 Å². The van der Waals surface area contributed by atoms with Crippen LogP contribution in [-0.4, -0.2) is 41.3 Å². The van der Waals surface area contributed by atoms with Crippen LogP contribution in [0.25, 0.3) is 0 Å². The second kappa shape index (κ2) is 8.00. The Bertz CT molecular complexity index is 716. The summed E-state index contributed by atoms with van der Waals surface area (Å²) in [6.45, 7) is 3.21. The van der Waals surface area contributed by atoms with Crippen LogP contribution in [0.5, 0.6) is 5.75 Å². The second-order valence-electron chi connectivity index (χ2n) is 6.22. The lowest BCUT2D eigenvalue weighted by atomic mass is 10.0. The molecule has 1 fully saturated rings. The first kappa shape index (κ1) is 17.3. The van der Waals surface area contributed by atoms with Crippen LogP contribution in [0, 0.1) is 6.92 Å². The van der Waals surface area contributed by atoms with E-state index in [1.807, 2.05) is 31.2 Å². The summed E-state index contributed by atoms with van der Waals surface area (Å²) in [6.07, 6.45) is 3.45. The van der Waals surface area contributed by atoms with Crippen molar-refractivity contribution in [2.24, 2.45) is 0 Å². The van der Waals surface area contributed by atoms with Gasteiger partial charge in [-0.3, -0.25) is 0 Å². The number of aromatic nitrogens is 2. The molecule has 2 amide bonds. The van der Waals surface area contributed by atoms with Crippen molar-refractivity contribution in [2.75, 3.05) is 20.2 Å². The molecule has 7 nitrogen and oxygen atoms in total. The van der Waals surface area contributed by atoms with Gasteiger partial charge in [0.1, 0.15) is 11.8 Å². The van der Waals surface area contributed by atoms with Crippen molar-refractivity contribution in [1.29, 1.82) is 0 Å². The summed E-state index contributed by atoms with van der Waals surface area (Å²) in [6, 6.07) is 7.66. The predicted molar refractivity (Wildman–Crippen MR) is 92.4 cm³/mol. The minimum absolute atomic E-state index is 0.104. The zero-order chi connectivity index (χ0) is 17.6. The van der Waals surface area contributed by atoms with Crippen LogP contribution in [-0.2, 0) is 6.42 Å². The third-order valence-electron chi connectivity index (χ3n) is 4.33. The molecule has 1 aliphatic heterocycles. The molecule has 1 atom stereocenters. The highest BCUT2D eigenvalue weighted by Crippen LogP contribution is 2.29. The average molecular weight is 344 g/mol. The van der Waals surface area contributed by atoms with Crippen LogP contribution in [0.2, 0.25) is 0 Å². The molecule has 1 saturated heterocycles. The lowest BCUT2D eigenvalue weighted by molar-refractivity contribution is 0.133. The van der Waals surface area contributed by atoms with Gasteiger partial charge in [-0.2, -0.15) is 4.98 Å². The number of piperidine rings is 1. The highest BCUT2D eigenvalue weighted by atomic mass is 16.5. The standard InChI is InChI=1S/C18H24N4O3/c1-13-6-5-7-14(12-13)24-11-9-16-20-17(25-21-16)15-8-3-4-10-22(15)18(23)19-2/h5-7,12,15H,3-4,8-11H2,1-2H3,(H,19,23). The van der Waals surface area contributed by atoms with E-state index in [9.17, 15) is 4.79 Å². The van der Waals surface area contributed by atoms with E-state index in [2.05, 4.69) is 15.5 Å². The average Bonchev–Trinajstić information content (AvgIpc) is 3.10. The van der Waals surface area contributed by atoms with E-state index in [1.165, 1.54) is 0 Å². The molecular formula is C18H24N4O3. The number of carbonyl (C=O) groups is 1. The highest BCUT2D eigenvalue weighted by molar-refractivity contribution is 5.74. The van der Waals surface area contributed by atoms with E-state index in [0.717, 1.165) is 30.6 Å². The lowest BCUT2D eigenvalue weighted by Gasteiger charge is -2.32. The number of hydrogen-bond acceptors (Lipinski definition) is 5. The minimum Gasteiger partial charge on any atom is -0.493 e. The molecule has 1 aromatic carbocycles. The second-order valence-corrected chi connectivity index (χ2v) is 6.22. The molecule has 134 valence electrons. The normalized spacial score (nSPS) is 17.4. The number of benzene rings is 1. The topological polar surface area (TPSA) is 80.5 Å². The molecule has 0 aliphatic carbocycles. The summed E-state index contributed by atoms with van der Waals surface area (Å²) in [5, 5.41) is 6.71. The number of amides is 2.